The second kappa shape index (κ2) is 6.47. The Morgan fingerprint density at radius 2 is 1.90 bits per heavy atom. The number of alkyl halides is 3. The minimum atomic E-state index is -4.23. The first kappa shape index (κ1) is 15.8. The molecule has 1 saturated heterocycles. The van der Waals surface area contributed by atoms with E-state index in [1.54, 1.807) is 6.92 Å². The number of amides is 1. The number of halogens is 3. The van der Waals surface area contributed by atoms with Gasteiger partial charge in [0, 0.05) is 6.54 Å². The molecular weight excluding hydrogens is 281 g/mol. The lowest BCUT2D eigenvalue weighted by atomic mass is 10.1. The van der Waals surface area contributed by atoms with Crippen LogP contribution in [0.2, 0.25) is 0 Å². The fourth-order valence-electron chi connectivity index (χ4n) is 2.56. The second-order valence-corrected chi connectivity index (χ2v) is 5.32. The number of carbonyl (C=O) groups excluding carboxylic acids is 1. The minimum absolute atomic E-state index is 0.234. The van der Waals surface area contributed by atoms with Crippen LogP contribution in [0.4, 0.5) is 13.2 Å². The Morgan fingerprint density at radius 3 is 2.52 bits per heavy atom. The van der Waals surface area contributed by atoms with Crippen LogP contribution in [0.15, 0.2) is 30.3 Å². The fourth-order valence-corrected chi connectivity index (χ4v) is 2.56. The van der Waals surface area contributed by atoms with Crippen molar-refractivity contribution in [3.05, 3.63) is 35.9 Å². The molecule has 1 heterocycles. The van der Waals surface area contributed by atoms with Gasteiger partial charge in [-0.2, -0.15) is 13.2 Å². The highest BCUT2D eigenvalue weighted by atomic mass is 19.4. The molecule has 3 nitrogen and oxygen atoms in total. The van der Waals surface area contributed by atoms with Crippen LogP contribution in [0.1, 0.15) is 25.3 Å². The summed E-state index contributed by atoms with van der Waals surface area (Å²) >= 11 is 0. The van der Waals surface area contributed by atoms with Crippen molar-refractivity contribution >= 4 is 5.91 Å². The van der Waals surface area contributed by atoms with E-state index in [1.807, 2.05) is 30.3 Å². The van der Waals surface area contributed by atoms with Crippen LogP contribution in [-0.2, 0) is 11.2 Å². The van der Waals surface area contributed by atoms with Gasteiger partial charge >= 0.3 is 6.18 Å². The van der Waals surface area contributed by atoms with Gasteiger partial charge in [0.1, 0.15) is 0 Å². The van der Waals surface area contributed by atoms with Crippen LogP contribution < -0.4 is 5.32 Å². The largest absolute Gasteiger partial charge is 0.390 e. The number of benzene rings is 1. The van der Waals surface area contributed by atoms with Crippen LogP contribution in [-0.4, -0.2) is 35.7 Å². The minimum Gasteiger partial charge on any atom is -0.326 e. The lowest BCUT2D eigenvalue weighted by molar-refractivity contribution is -0.144. The highest BCUT2D eigenvalue weighted by Gasteiger charge is 2.38. The Kier molecular flexibility index (Phi) is 4.88. The standard InChI is InChI=1S/C15H19F3N2O/c1-11-19-13(8-7-12-5-3-2-4-6-12)14(21)20(11)10-9-15(16,17)18/h2-6,11,13,19H,7-10H2,1H3. The highest BCUT2D eigenvalue weighted by Crippen LogP contribution is 2.22. The molecule has 1 aliphatic heterocycles. The van der Waals surface area contributed by atoms with Crippen LogP contribution in [0.5, 0.6) is 0 Å². The molecule has 0 aromatic heterocycles. The van der Waals surface area contributed by atoms with Gasteiger partial charge in [-0.15, -0.1) is 0 Å². The third kappa shape index (κ3) is 4.46. The highest BCUT2D eigenvalue weighted by molar-refractivity contribution is 5.84. The number of aryl methyl sites for hydroxylation is 1. The fraction of sp³-hybridized carbons (Fsp3) is 0.533. The molecule has 6 heteroatoms. The molecule has 1 aromatic carbocycles. The van der Waals surface area contributed by atoms with E-state index < -0.39 is 18.6 Å². The summed E-state index contributed by atoms with van der Waals surface area (Å²) in [5.41, 5.74) is 1.12. The van der Waals surface area contributed by atoms with E-state index in [2.05, 4.69) is 5.32 Å². The molecule has 0 aliphatic carbocycles. The van der Waals surface area contributed by atoms with Gasteiger partial charge in [-0.3, -0.25) is 10.1 Å². The van der Waals surface area contributed by atoms with Crippen molar-refractivity contribution in [1.82, 2.24) is 10.2 Å². The Balaban J connectivity index is 1.87. The van der Waals surface area contributed by atoms with Crippen molar-refractivity contribution in [1.29, 1.82) is 0 Å². The van der Waals surface area contributed by atoms with E-state index >= 15 is 0 Å². The lowest BCUT2D eigenvalue weighted by Crippen LogP contribution is -2.37. The molecule has 2 rings (SSSR count). The van der Waals surface area contributed by atoms with Gasteiger partial charge in [-0.1, -0.05) is 30.3 Å². The maximum Gasteiger partial charge on any atom is 0.390 e. The summed E-state index contributed by atoms with van der Waals surface area (Å²) < 4.78 is 36.8. The molecule has 0 bridgehead atoms. The number of hydrogen-bond acceptors (Lipinski definition) is 2. The van der Waals surface area contributed by atoms with Gasteiger partial charge in [0.15, 0.2) is 0 Å². The molecular formula is C15H19F3N2O. The summed E-state index contributed by atoms with van der Waals surface area (Å²) in [6.45, 7) is 1.44. The summed E-state index contributed by atoms with van der Waals surface area (Å²) in [4.78, 5) is 13.4. The predicted octanol–water partition coefficient (Wildman–Crippen LogP) is 2.72. The second-order valence-electron chi connectivity index (χ2n) is 5.32. The number of rotatable bonds is 5. The quantitative estimate of drug-likeness (QED) is 0.907. The molecule has 0 radical (unpaired) electrons. The van der Waals surface area contributed by atoms with E-state index in [0.717, 1.165) is 12.0 Å². The van der Waals surface area contributed by atoms with Gasteiger partial charge < -0.3 is 4.90 Å². The van der Waals surface area contributed by atoms with Crippen molar-refractivity contribution in [2.75, 3.05) is 6.54 Å². The molecule has 2 unspecified atom stereocenters. The number of carbonyl (C=O) groups is 1. The molecule has 0 saturated carbocycles. The third-order valence-electron chi connectivity index (χ3n) is 3.69. The van der Waals surface area contributed by atoms with Gasteiger partial charge in [0.2, 0.25) is 5.91 Å². The molecule has 1 aromatic rings. The van der Waals surface area contributed by atoms with E-state index in [0.29, 0.717) is 6.42 Å². The summed E-state index contributed by atoms with van der Waals surface area (Å²) in [6, 6.07) is 9.33. The normalized spacial score (nSPS) is 22.9. The molecule has 1 aliphatic rings. The monoisotopic (exact) mass is 300 g/mol. The van der Waals surface area contributed by atoms with Crippen LogP contribution in [0.25, 0.3) is 0 Å². The Morgan fingerprint density at radius 1 is 1.24 bits per heavy atom. The molecule has 1 N–H and O–H groups in total. The third-order valence-corrected chi connectivity index (χ3v) is 3.69. The molecule has 21 heavy (non-hydrogen) atoms. The SMILES string of the molecule is CC1NC(CCc2ccccc2)C(=O)N1CCC(F)(F)F. The van der Waals surface area contributed by atoms with E-state index in [4.69, 9.17) is 0 Å². The summed E-state index contributed by atoms with van der Waals surface area (Å²) in [5, 5.41) is 3.07. The van der Waals surface area contributed by atoms with Crippen molar-refractivity contribution in [2.45, 2.75) is 44.6 Å². The van der Waals surface area contributed by atoms with E-state index in [-0.39, 0.29) is 18.6 Å². The van der Waals surface area contributed by atoms with Crippen LogP contribution in [0, 0.1) is 0 Å². The van der Waals surface area contributed by atoms with E-state index in [9.17, 15) is 18.0 Å². The Bertz CT molecular complexity index is 476. The zero-order valence-electron chi connectivity index (χ0n) is 11.9. The first-order chi connectivity index (χ1) is 9.87. The summed E-state index contributed by atoms with van der Waals surface area (Å²) in [7, 11) is 0. The van der Waals surface area contributed by atoms with Crippen molar-refractivity contribution < 1.29 is 18.0 Å². The lowest BCUT2D eigenvalue weighted by Gasteiger charge is -2.21. The van der Waals surface area contributed by atoms with E-state index in [1.165, 1.54) is 4.90 Å². The maximum atomic E-state index is 12.3. The number of hydrogen-bond donors (Lipinski definition) is 1. The zero-order valence-corrected chi connectivity index (χ0v) is 11.9. The van der Waals surface area contributed by atoms with Crippen molar-refractivity contribution in [2.24, 2.45) is 0 Å². The molecule has 116 valence electrons. The van der Waals surface area contributed by atoms with Gasteiger partial charge in [-0.25, -0.2) is 0 Å². The predicted molar refractivity (Wildman–Crippen MR) is 73.5 cm³/mol. The zero-order chi connectivity index (χ0) is 15.5. The number of nitrogens with one attached hydrogen (secondary N) is 1. The van der Waals surface area contributed by atoms with Crippen molar-refractivity contribution in [3.8, 4) is 0 Å². The average Bonchev–Trinajstić information content (AvgIpc) is 2.69. The van der Waals surface area contributed by atoms with Crippen LogP contribution in [0.3, 0.4) is 0 Å². The summed E-state index contributed by atoms with van der Waals surface area (Å²) in [6.07, 6.45) is -4.22. The smallest absolute Gasteiger partial charge is 0.326 e. The first-order valence-electron chi connectivity index (χ1n) is 7.04. The average molecular weight is 300 g/mol. The van der Waals surface area contributed by atoms with Crippen molar-refractivity contribution in [3.63, 3.8) is 0 Å². The summed E-state index contributed by atoms with van der Waals surface area (Å²) in [5.74, 6) is -0.234. The van der Waals surface area contributed by atoms with Gasteiger partial charge in [0.05, 0.1) is 18.6 Å². The Labute approximate surface area is 122 Å². The maximum absolute atomic E-state index is 12.3. The molecule has 1 amide bonds. The topological polar surface area (TPSA) is 32.3 Å². The van der Waals surface area contributed by atoms with Crippen LogP contribution >= 0.6 is 0 Å². The van der Waals surface area contributed by atoms with Gasteiger partial charge in [0.25, 0.3) is 0 Å². The first-order valence-corrected chi connectivity index (χ1v) is 7.04. The van der Waals surface area contributed by atoms with Gasteiger partial charge in [-0.05, 0) is 25.3 Å². The molecule has 1 fully saturated rings. The molecule has 0 spiro atoms. The Hall–Kier alpha value is -1.56. The molecule has 2 atom stereocenters. The number of nitrogens with zero attached hydrogens (tertiary/aromatic N) is 1.